The van der Waals surface area contributed by atoms with Gasteiger partial charge in [0.2, 0.25) is 0 Å². The summed E-state index contributed by atoms with van der Waals surface area (Å²) in [5.41, 5.74) is 0.964. The van der Waals surface area contributed by atoms with Crippen molar-refractivity contribution in [2.24, 2.45) is 0 Å². The SMILES string of the molecule is COC(=O)Cc1ccc(N2C(=O)Nc3cc(OC)ccc3S2(=O)=O)cc1. The molecule has 0 fully saturated rings. The predicted molar refractivity (Wildman–Crippen MR) is 93.8 cm³/mol. The number of esters is 1. The van der Waals surface area contributed by atoms with Crippen LogP contribution in [0, 0.1) is 0 Å². The number of urea groups is 1. The third kappa shape index (κ3) is 3.08. The van der Waals surface area contributed by atoms with Crippen LogP contribution < -0.4 is 14.4 Å². The zero-order valence-corrected chi connectivity index (χ0v) is 14.9. The van der Waals surface area contributed by atoms with Gasteiger partial charge in [0.1, 0.15) is 10.6 Å². The van der Waals surface area contributed by atoms with Crippen molar-refractivity contribution in [1.29, 1.82) is 0 Å². The molecule has 0 aromatic heterocycles. The van der Waals surface area contributed by atoms with Crippen LogP contribution in [0.25, 0.3) is 0 Å². The van der Waals surface area contributed by atoms with Gasteiger partial charge in [-0.25, -0.2) is 13.2 Å². The number of sulfonamides is 1. The smallest absolute Gasteiger partial charge is 0.340 e. The minimum absolute atomic E-state index is 0.0310. The number of fused-ring (bicyclic) bond motifs is 1. The second kappa shape index (κ2) is 6.68. The molecular formula is C17H16N2O6S. The third-order valence-corrected chi connectivity index (χ3v) is 5.65. The number of hydrogen-bond acceptors (Lipinski definition) is 6. The molecule has 9 heteroatoms. The van der Waals surface area contributed by atoms with Crippen LogP contribution in [0.5, 0.6) is 5.75 Å². The minimum atomic E-state index is -4.08. The van der Waals surface area contributed by atoms with Crippen molar-refractivity contribution in [1.82, 2.24) is 0 Å². The number of benzene rings is 2. The molecule has 0 spiro atoms. The van der Waals surface area contributed by atoms with Crippen molar-refractivity contribution < 1.29 is 27.5 Å². The number of amides is 2. The van der Waals surface area contributed by atoms with E-state index in [1.54, 1.807) is 12.1 Å². The quantitative estimate of drug-likeness (QED) is 0.821. The van der Waals surface area contributed by atoms with Gasteiger partial charge in [0.05, 0.1) is 32.0 Å². The molecule has 2 aromatic carbocycles. The zero-order valence-electron chi connectivity index (χ0n) is 14.1. The number of hydrogen-bond donors (Lipinski definition) is 1. The van der Waals surface area contributed by atoms with Crippen molar-refractivity contribution in [3.8, 4) is 5.75 Å². The largest absolute Gasteiger partial charge is 0.497 e. The molecule has 0 saturated carbocycles. The fraction of sp³-hybridized carbons (Fsp3) is 0.176. The van der Waals surface area contributed by atoms with Crippen LogP contribution in [0.4, 0.5) is 16.2 Å². The van der Waals surface area contributed by atoms with E-state index in [1.807, 2.05) is 0 Å². The summed E-state index contributed by atoms with van der Waals surface area (Å²) in [6.07, 6.45) is 0.0539. The van der Waals surface area contributed by atoms with E-state index in [0.29, 0.717) is 15.6 Å². The average molecular weight is 376 g/mol. The van der Waals surface area contributed by atoms with Crippen molar-refractivity contribution in [2.45, 2.75) is 11.3 Å². The Labute approximate surface area is 150 Å². The lowest BCUT2D eigenvalue weighted by Gasteiger charge is -2.29. The first-order valence-electron chi connectivity index (χ1n) is 7.57. The molecule has 3 rings (SSSR count). The molecule has 2 aromatic rings. The van der Waals surface area contributed by atoms with Crippen LogP contribution >= 0.6 is 0 Å². The average Bonchev–Trinajstić information content (AvgIpc) is 2.62. The number of nitrogens with zero attached hydrogens (tertiary/aromatic N) is 1. The summed E-state index contributed by atoms with van der Waals surface area (Å²) in [6.45, 7) is 0. The molecule has 1 N–H and O–H groups in total. The lowest BCUT2D eigenvalue weighted by molar-refractivity contribution is -0.139. The van der Waals surface area contributed by atoms with Crippen molar-refractivity contribution >= 4 is 33.4 Å². The first-order chi connectivity index (χ1) is 12.4. The second-order valence-corrected chi connectivity index (χ2v) is 7.24. The highest BCUT2D eigenvalue weighted by Crippen LogP contribution is 2.35. The standard InChI is InChI=1S/C17H16N2O6S/c1-24-13-7-8-15-14(10-13)18-17(21)19(26(15,22)23)12-5-3-11(4-6-12)9-16(20)25-2/h3-8,10H,9H2,1-2H3,(H,18,21). The Balaban J connectivity index is 1.97. The molecule has 0 radical (unpaired) electrons. The molecule has 0 bridgehead atoms. The highest BCUT2D eigenvalue weighted by Gasteiger charge is 2.38. The van der Waals surface area contributed by atoms with E-state index in [-0.39, 0.29) is 22.7 Å². The molecule has 0 aliphatic carbocycles. The van der Waals surface area contributed by atoms with E-state index in [0.717, 1.165) is 0 Å². The maximum Gasteiger partial charge on any atom is 0.340 e. The number of ether oxygens (including phenoxy) is 2. The van der Waals surface area contributed by atoms with Crippen LogP contribution in [-0.4, -0.2) is 34.6 Å². The Bertz CT molecular complexity index is 969. The molecular weight excluding hydrogens is 360 g/mol. The molecule has 0 saturated heterocycles. The van der Waals surface area contributed by atoms with Crippen molar-refractivity contribution in [2.75, 3.05) is 23.8 Å². The molecule has 0 unspecified atom stereocenters. The Hall–Kier alpha value is -3.07. The van der Waals surface area contributed by atoms with Gasteiger partial charge in [-0.3, -0.25) is 4.79 Å². The van der Waals surface area contributed by atoms with Gasteiger partial charge in [-0.2, -0.15) is 4.31 Å². The normalized spacial score (nSPS) is 15.0. The van der Waals surface area contributed by atoms with Crippen LogP contribution in [0.15, 0.2) is 47.4 Å². The highest BCUT2D eigenvalue weighted by molar-refractivity contribution is 7.94. The predicted octanol–water partition coefficient (Wildman–Crippen LogP) is 2.15. The Morgan fingerprint density at radius 3 is 2.42 bits per heavy atom. The van der Waals surface area contributed by atoms with E-state index in [9.17, 15) is 18.0 Å². The molecule has 0 atom stereocenters. The van der Waals surface area contributed by atoms with E-state index in [4.69, 9.17) is 4.74 Å². The Morgan fingerprint density at radius 2 is 1.81 bits per heavy atom. The minimum Gasteiger partial charge on any atom is -0.497 e. The van der Waals surface area contributed by atoms with Crippen molar-refractivity contribution in [3.05, 3.63) is 48.0 Å². The maximum absolute atomic E-state index is 12.9. The van der Waals surface area contributed by atoms with Gasteiger partial charge in [0.15, 0.2) is 0 Å². The summed E-state index contributed by atoms with van der Waals surface area (Å²) in [7, 11) is -1.34. The van der Waals surface area contributed by atoms with Gasteiger partial charge in [0, 0.05) is 6.07 Å². The number of methoxy groups -OCH3 is 2. The molecule has 2 amide bonds. The molecule has 1 heterocycles. The Kier molecular flexibility index (Phi) is 4.56. The monoisotopic (exact) mass is 376 g/mol. The zero-order chi connectivity index (χ0) is 18.9. The van der Waals surface area contributed by atoms with Crippen LogP contribution in [0.1, 0.15) is 5.56 Å². The van der Waals surface area contributed by atoms with Crippen LogP contribution in [0.3, 0.4) is 0 Å². The fourth-order valence-corrected chi connectivity index (χ4v) is 4.06. The van der Waals surface area contributed by atoms with E-state index in [1.165, 1.54) is 44.6 Å². The molecule has 136 valence electrons. The topological polar surface area (TPSA) is 102 Å². The van der Waals surface area contributed by atoms with Gasteiger partial charge in [-0.05, 0) is 29.8 Å². The lowest BCUT2D eigenvalue weighted by atomic mass is 10.1. The van der Waals surface area contributed by atoms with Gasteiger partial charge < -0.3 is 14.8 Å². The maximum atomic E-state index is 12.9. The molecule has 26 heavy (non-hydrogen) atoms. The lowest BCUT2D eigenvalue weighted by Crippen LogP contribution is -2.44. The summed E-state index contributed by atoms with van der Waals surface area (Å²) < 4.78 is 36.1. The second-order valence-electron chi connectivity index (χ2n) is 5.48. The first kappa shape index (κ1) is 17.7. The van der Waals surface area contributed by atoms with Gasteiger partial charge in [-0.1, -0.05) is 12.1 Å². The summed E-state index contributed by atoms with van der Waals surface area (Å²) in [4.78, 5) is 23.7. The van der Waals surface area contributed by atoms with Crippen LogP contribution in [0.2, 0.25) is 0 Å². The van der Waals surface area contributed by atoms with Gasteiger partial charge in [-0.15, -0.1) is 0 Å². The molecule has 1 aliphatic heterocycles. The number of anilines is 2. The van der Waals surface area contributed by atoms with Gasteiger partial charge in [0.25, 0.3) is 10.0 Å². The number of rotatable bonds is 4. The van der Waals surface area contributed by atoms with Crippen LogP contribution in [-0.2, 0) is 26.0 Å². The van der Waals surface area contributed by atoms with E-state index < -0.39 is 22.0 Å². The summed E-state index contributed by atoms with van der Waals surface area (Å²) in [5.74, 6) is 0.0174. The molecule has 1 aliphatic rings. The highest BCUT2D eigenvalue weighted by atomic mass is 32.2. The third-order valence-electron chi connectivity index (χ3n) is 3.88. The number of nitrogens with one attached hydrogen (secondary N) is 1. The molecule has 8 nitrogen and oxygen atoms in total. The van der Waals surface area contributed by atoms with Gasteiger partial charge >= 0.3 is 12.0 Å². The summed E-state index contributed by atoms with van der Waals surface area (Å²) in [5, 5.41) is 2.55. The number of carbonyl (C=O) groups excluding carboxylic acids is 2. The fourth-order valence-electron chi connectivity index (χ4n) is 2.58. The summed E-state index contributed by atoms with van der Waals surface area (Å²) in [6, 6.07) is 9.59. The van der Waals surface area contributed by atoms with E-state index in [2.05, 4.69) is 10.1 Å². The number of carbonyl (C=O) groups is 2. The van der Waals surface area contributed by atoms with E-state index >= 15 is 0 Å². The first-order valence-corrected chi connectivity index (χ1v) is 9.01. The Morgan fingerprint density at radius 1 is 1.12 bits per heavy atom. The summed E-state index contributed by atoms with van der Waals surface area (Å²) >= 11 is 0. The van der Waals surface area contributed by atoms with Crippen molar-refractivity contribution in [3.63, 3.8) is 0 Å².